The minimum atomic E-state index is -0.450. The highest BCUT2D eigenvalue weighted by atomic mass is 16.5. The molecule has 1 rings (SSSR count). The van der Waals surface area contributed by atoms with E-state index in [1.165, 1.54) is 0 Å². The van der Waals surface area contributed by atoms with Crippen molar-refractivity contribution in [3.63, 3.8) is 0 Å². The molecular weight excluding hydrogens is 230 g/mol. The minimum absolute atomic E-state index is 0.157. The minimum Gasteiger partial charge on any atom is -0.468 e. The van der Waals surface area contributed by atoms with Crippen molar-refractivity contribution in [2.75, 3.05) is 19.7 Å². The Morgan fingerprint density at radius 1 is 1.44 bits per heavy atom. The van der Waals surface area contributed by atoms with Gasteiger partial charge in [0.2, 0.25) is 0 Å². The van der Waals surface area contributed by atoms with E-state index < -0.39 is 6.10 Å². The molecule has 104 valence electrons. The first-order valence-corrected chi connectivity index (χ1v) is 6.66. The van der Waals surface area contributed by atoms with Crippen LogP contribution in [0.15, 0.2) is 22.8 Å². The third kappa shape index (κ3) is 6.19. The summed E-state index contributed by atoms with van der Waals surface area (Å²) >= 11 is 0. The van der Waals surface area contributed by atoms with Crippen LogP contribution in [-0.4, -0.2) is 41.9 Å². The smallest absolute Gasteiger partial charge is 0.117 e. The molecule has 0 unspecified atom stereocenters. The van der Waals surface area contributed by atoms with E-state index in [0.717, 1.165) is 25.3 Å². The van der Waals surface area contributed by atoms with Gasteiger partial charge in [0.05, 0.1) is 31.6 Å². The fourth-order valence-electron chi connectivity index (χ4n) is 1.83. The highest BCUT2D eigenvalue weighted by molar-refractivity contribution is 4.97. The summed E-state index contributed by atoms with van der Waals surface area (Å²) < 4.78 is 10.8. The molecule has 0 saturated carbocycles. The lowest BCUT2D eigenvalue weighted by Gasteiger charge is -2.24. The monoisotopic (exact) mass is 255 g/mol. The number of rotatable bonds is 9. The van der Waals surface area contributed by atoms with E-state index in [0.29, 0.717) is 13.2 Å². The quantitative estimate of drug-likeness (QED) is 0.735. The Bertz CT molecular complexity index is 298. The third-order valence-corrected chi connectivity index (χ3v) is 2.59. The first kappa shape index (κ1) is 15.2. The molecule has 0 radical (unpaired) electrons. The van der Waals surface area contributed by atoms with Gasteiger partial charge in [-0.15, -0.1) is 0 Å². The predicted molar refractivity (Wildman–Crippen MR) is 71.4 cm³/mol. The molecule has 4 heteroatoms. The maximum atomic E-state index is 9.93. The Balaban J connectivity index is 2.36. The van der Waals surface area contributed by atoms with Gasteiger partial charge in [-0.3, -0.25) is 4.90 Å². The molecule has 1 heterocycles. The Kier molecular flexibility index (Phi) is 7.01. The van der Waals surface area contributed by atoms with E-state index in [4.69, 9.17) is 9.15 Å². The van der Waals surface area contributed by atoms with Gasteiger partial charge in [0, 0.05) is 6.54 Å². The average molecular weight is 255 g/mol. The zero-order valence-corrected chi connectivity index (χ0v) is 11.6. The van der Waals surface area contributed by atoms with Crippen molar-refractivity contribution in [1.29, 1.82) is 0 Å². The molecule has 0 aliphatic carbocycles. The maximum absolute atomic E-state index is 9.93. The van der Waals surface area contributed by atoms with Gasteiger partial charge >= 0.3 is 0 Å². The standard InChI is InChI=1S/C14H25NO3/c1-4-7-15(10-14-6-5-8-17-14)9-13(16)11-18-12(2)3/h5-6,8,12-13,16H,4,7,9-11H2,1-3H3/t13-/m1/s1. The van der Waals surface area contributed by atoms with Gasteiger partial charge in [0.25, 0.3) is 0 Å². The predicted octanol–water partition coefficient (Wildman–Crippen LogP) is 2.28. The molecule has 0 saturated heterocycles. The summed E-state index contributed by atoms with van der Waals surface area (Å²) in [7, 11) is 0. The van der Waals surface area contributed by atoms with Crippen LogP contribution < -0.4 is 0 Å². The Hall–Kier alpha value is -0.840. The van der Waals surface area contributed by atoms with E-state index >= 15 is 0 Å². The van der Waals surface area contributed by atoms with Crippen LogP contribution in [0.4, 0.5) is 0 Å². The number of hydrogen-bond acceptors (Lipinski definition) is 4. The topological polar surface area (TPSA) is 45.8 Å². The second-order valence-corrected chi connectivity index (χ2v) is 4.85. The first-order valence-electron chi connectivity index (χ1n) is 6.66. The summed E-state index contributed by atoms with van der Waals surface area (Å²) in [5, 5.41) is 9.93. The normalized spacial score (nSPS) is 13.4. The summed E-state index contributed by atoms with van der Waals surface area (Å²) in [6.45, 7) is 8.75. The SMILES string of the molecule is CCCN(Cc1ccco1)C[C@@H](O)COC(C)C. The van der Waals surface area contributed by atoms with Crippen molar-refractivity contribution in [3.05, 3.63) is 24.2 Å². The van der Waals surface area contributed by atoms with Crippen molar-refractivity contribution in [2.45, 2.75) is 45.9 Å². The van der Waals surface area contributed by atoms with E-state index in [9.17, 15) is 5.11 Å². The van der Waals surface area contributed by atoms with Crippen molar-refractivity contribution < 1.29 is 14.3 Å². The van der Waals surface area contributed by atoms with Gasteiger partial charge in [-0.05, 0) is 38.9 Å². The number of hydrogen-bond donors (Lipinski definition) is 1. The van der Waals surface area contributed by atoms with Gasteiger partial charge in [0.1, 0.15) is 5.76 Å². The lowest BCUT2D eigenvalue weighted by atomic mass is 10.3. The highest BCUT2D eigenvalue weighted by Gasteiger charge is 2.13. The molecule has 4 nitrogen and oxygen atoms in total. The average Bonchev–Trinajstić information content (AvgIpc) is 2.79. The molecule has 0 aromatic carbocycles. The van der Waals surface area contributed by atoms with Gasteiger partial charge in [0.15, 0.2) is 0 Å². The van der Waals surface area contributed by atoms with Crippen LogP contribution in [0.25, 0.3) is 0 Å². The Morgan fingerprint density at radius 2 is 2.22 bits per heavy atom. The van der Waals surface area contributed by atoms with E-state index in [1.54, 1.807) is 6.26 Å². The van der Waals surface area contributed by atoms with Crippen LogP contribution in [-0.2, 0) is 11.3 Å². The summed E-state index contributed by atoms with van der Waals surface area (Å²) in [4.78, 5) is 2.19. The van der Waals surface area contributed by atoms with Gasteiger partial charge in [-0.2, -0.15) is 0 Å². The number of aliphatic hydroxyl groups excluding tert-OH is 1. The molecule has 0 bridgehead atoms. The van der Waals surface area contributed by atoms with Crippen molar-refractivity contribution in [2.24, 2.45) is 0 Å². The zero-order valence-electron chi connectivity index (χ0n) is 11.6. The van der Waals surface area contributed by atoms with Crippen molar-refractivity contribution >= 4 is 0 Å². The Labute approximate surface area is 110 Å². The molecule has 1 N–H and O–H groups in total. The van der Waals surface area contributed by atoms with Crippen LogP contribution in [0.1, 0.15) is 33.0 Å². The third-order valence-electron chi connectivity index (χ3n) is 2.59. The van der Waals surface area contributed by atoms with Gasteiger partial charge in [-0.25, -0.2) is 0 Å². The fraction of sp³-hybridized carbons (Fsp3) is 0.714. The summed E-state index contributed by atoms with van der Waals surface area (Å²) in [5.74, 6) is 0.931. The van der Waals surface area contributed by atoms with Gasteiger partial charge in [-0.1, -0.05) is 6.92 Å². The van der Waals surface area contributed by atoms with Crippen LogP contribution in [0.3, 0.4) is 0 Å². The van der Waals surface area contributed by atoms with Gasteiger partial charge < -0.3 is 14.3 Å². The fourth-order valence-corrected chi connectivity index (χ4v) is 1.83. The molecule has 1 aromatic rings. The molecule has 1 atom stereocenters. The summed E-state index contributed by atoms with van der Waals surface area (Å²) in [6.07, 6.45) is 2.44. The molecule has 0 amide bonds. The molecule has 0 aliphatic heterocycles. The number of nitrogens with zero attached hydrogens (tertiary/aromatic N) is 1. The Morgan fingerprint density at radius 3 is 2.78 bits per heavy atom. The van der Waals surface area contributed by atoms with Crippen LogP contribution >= 0.6 is 0 Å². The highest BCUT2D eigenvalue weighted by Crippen LogP contribution is 2.07. The second-order valence-electron chi connectivity index (χ2n) is 4.85. The first-order chi connectivity index (χ1) is 8.61. The maximum Gasteiger partial charge on any atom is 0.117 e. The van der Waals surface area contributed by atoms with E-state index in [2.05, 4.69) is 11.8 Å². The summed E-state index contributed by atoms with van der Waals surface area (Å²) in [5.41, 5.74) is 0. The molecular formula is C14H25NO3. The molecule has 0 spiro atoms. The second kappa shape index (κ2) is 8.29. The van der Waals surface area contributed by atoms with Crippen molar-refractivity contribution in [1.82, 2.24) is 4.90 Å². The van der Waals surface area contributed by atoms with Crippen LogP contribution in [0, 0.1) is 0 Å². The molecule has 0 aliphatic rings. The largest absolute Gasteiger partial charge is 0.468 e. The zero-order chi connectivity index (χ0) is 13.4. The van der Waals surface area contributed by atoms with E-state index in [1.807, 2.05) is 26.0 Å². The lowest BCUT2D eigenvalue weighted by Crippen LogP contribution is -2.35. The molecule has 0 fully saturated rings. The number of ether oxygens (including phenoxy) is 1. The van der Waals surface area contributed by atoms with E-state index in [-0.39, 0.29) is 6.10 Å². The molecule has 18 heavy (non-hydrogen) atoms. The lowest BCUT2D eigenvalue weighted by molar-refractivity contribution is -0.0102. The van der Waals surface area contributed by atoms with Crippen LogP contribution in [0.5, 0.6) is 0 Å². The molecule has 1 aromatic heterocycles. The summed E-state index contributed by atoms with van der Waals surface area (Å²) in [6, 6.07) is 3.84. The number of furan rings is 1. The van der Waals surface area contributed by atoms with Crippen LogP contribution in [0.2, 0.25) is 0 Å². The van der Waals surface area contributed by atoms with Crippen molar-refractivity contribution in [3.8, 4) is 0 Å². The number of aliphatic hydroxyl groups is 1.